The van der Waals surface area contributed by atoms with E-state index in [9.17, 15) is 14.4 Å². The molecule has 6 heteroatoms. The number of alkyl halides is 1. The number of imide groups is 3. The molecule has 0 aromatic heterocycles. The predicted molar refractivity (Wildman–Crippen MR) is 45.1 cm³/mol. The second-order valence-electron chi connectivity index (χ2n) is 2.27. The summed E-state index contributed by atoms with van der Waals surface area (Å²) in [5.41, 5.74) is 0. The molecule has 1 N–H and O–H groups in total. The lowest BCUT2D eigenvalue weighted by Gasteiger charge is -2.11. The number of halogens is 1. The van der Waals surface area contributed by atoms with Gasteiger partial charge in [-0.2, -0.15) is 4.90 Å². The molecule has 0 saturated carbocycles. The van der Waals surface area contributed by atoms with Crippen LogP contribution in [0.15, 0.2) is 12.2 Å². The van der Waals surface area contributed by atoms with E-state index in [1.807, 2.05) is 0 Å². The van der Waals surface area contributed by atoms with Gasteiger partial charge >= 0.3 is 6.03 Å². The molecule has 1 heterocycles. The van der Waals surface area contributed by atoms with Gasteiger partial charge in [0.25, 0.3) is 11.8 Å². The highest BCUT2D eigenvalue weighted by atomic mass is 35.5. The standard InChI is InChI=1S/C7H7ClN2O3/c8-3-4-9-7(13)10-5(11)1-2-6(10)12/h1-2H,3-4H2,(H,9,13). The Morgan fingerprint density at radius 1 is 1.38 bits per heavy atom. The molecule has 1 rings (SSSR count). The van der Waals surface area contributed by atoms with Gasteiger partial charge in [0.1, 0.15) is 0 Å². The molecule has 0 aromatic rings. The van der Waals surface area contributed by atoms with E-state index in [4.69, 9.17) is 11.6 Å². The van der Waals surface area contributed by atoms with Crippen molar-refractivity contribution in [3.05, 3.63) is 12.2 Å². The lowest BCUT2D eigenvalue weighted by Crippen LogP contribution is -2.44. The second-order valence-corrected chi connectivity index (χ2v) is 2.64. The van der Waals surface area contributed by atoms with Crippen molar-refractivity contribution >= 4 is 29.4 Å². The highest BCUT2D eigenvalue weighted by molar-refractivity contribution is 6.22. The van der Waals surface area contributed by atoms with Crippen LogP contribution >= 0.6 is 11.6 Å². The fourth-order valence-electron chi connectivity index (χ4n) is 0.834. The minimum atomic E-state index is -0.736. The van der Waals surface area contributed by atoms with E-state index in [1.165, 1.54) is 0 Å². The molecule has 5 nitrogen and oxygen atoms in total. The summed E-state index contributed by atoms with van der Waals surface area (Å²) in [7, 11) is 0. The van der Waals surface area contributed by atoms with E-state index in [2.05, 4.69) is 5.32 Å². The van der Waals surface area contributed by atoms with Gasteiger partial charge < -0.3 is 5.32 Å². The van der Waals surface area contributed by atoms with Crippen molar-refractivity contribution in [1.29, 1.82) is 0 Å². The average molecular weight is 203 g/mol. The zero-order valence-electron chi connectivity index (χ0n) is 6.62. The molecule has 1 aliphatic rings. The summed E-state index contributed by atoms with van der Waals surface area (Å²) in [5, 5.41) is 2.31. The number of nitrogens with zero attached hydrogens (tertiary/aromatic N) is 1. The molecule has 0 aliphatic carbocycles. The quantitative estimate of drug-likeness (QED) is 0.501. The van der Waals surface area contributed by atoms with Crippen molar-refractivity contribution < 1.29 is 14.4 Å². The van der Waals surface area contributed by atoms with E-state index in [0.29, 0.717) is 4.90 Å². The van der Waals surface area contributed by atoms with Crippen LogP contribution in [0.25, 0.3) is 0 Å². The van der Waals surface area contributed by atoms with Crippen molar-refractivity contribution in [2.45, 2.75) is 0 Å². The van der Waals surface area contributed by atoms with E-state index in [1.54, 1.807) is 0 Å². The van der Waals surface area contributed by atoms with Crippen molar-refractivity contribution in [3.63, 3.8) is 0 Å². The third kappa shape index (κ3) is 2.06. The van der Waals surface area contributed by atoms with Crippen molar-refractivity contribution in [2.24, 2.45) is 0 Å². The maximum Gasteiger partial charge on any atom is 0.331 e. The second kappa shape index (κ2) is 4.04. The first kappa shape index (κ1) is 9.73. The third-order valence-corrected chi connectivity index (χ3v) is 1.57. The summed E-state index contributed by atoms with van der Waals surface area (Å²) in [6, 6.07) is -0.736. The molecule has 0 saturated heterocycles. The average Bonchev–Trinajstić information content (AvgIpc) is 2.42. The Hall–Kier alpha value is -1.36. The van der Waals surface area contributed by atoms with Gasteiger partial charge in [0.2, 0.25) is 0 Å². The molecule has 0 bridgehead atoms. The molecule has 4 amide bonds. The van der Waals surface area contributed by atoms with Crippen molar-refractivity contribution in [1.82, 2.24) is 10.2 Å². The van der Waals surface area contributed by atoms with Crippen LogP contribution in [0.5, 0.6) is 0 Å². The number of carbonyl (C=O) groups excluding carboxylic acids is 3. The zero-order chi connectivity index (χ0) is 9.84. The Morgan fingerprint density at radius 3 is 2.38 bits per heavy atom. The van der Waals surface area contributed by atoms with E-state index >= 15 is 0 Å². The Balaban J connectivity index is 2.57. The summed E-state index contributed by atoms with van der Waals surface area (Å²) in [5.74, 6) is -1.02. The van der Waals surface area contributed by atoms with Gasteiger partial charge in [0, 0.05) is 24.6 Å². The molecule has 0 unspecified atom stereocenters. The topological polar surface area (TPSA) is 66.5 Å². The summed E-state index contributed by atoms with van der Waals surface area (Å²) < 4.78 is 0. The SMILES string of the molecule is O=C1C=CC(=O)N1C(=O)NCCCl. The van der Waals surface area contributed by atoms with Gasteiger partial charge in [-0.15, -0.1) is 11.6 Å². The number of urea groups is 1. The Labute approximate surface area is 79.3 Å². The van der Waals surface area contributed by atoms with E-state index in [-0.39, 0.29) is 12.4 Å². The molecule has 13 heavy (non-hydrogen) atoms. The first-order valence-corrected chi connectivity index (χ1v) is 4.10. The van der Waals surface area contributed by atoms with Crippen LogP contribution in [0.3, 0.4) is 0 Å². The number of hydrogen-bond acceptors (Lipinski definition) is 3. The lowest BCUT2D eigenvalue weighted by atomic mass is 10.6. The fraction of sp³-hybridized carbons (Fsp3) is 0.286. The molecule has 0 aromatic carbocycles. The first-order valence-electron chi connectivity index (χ1n) is 3.56. The van der Waals surface area contributed by atoms with Crippen molar-refractivity contribution in [3.8, 4) is 0 Å². The lowest BCUT2D eigenvalue weighted by molar-refractivity contribution is -0.133. The molecule has 0 atom stereocenters. The number of carbonyl (C=O) groups is 3. The molecular formula is C7H7ClN2O3. The van der Waals surface area contributed by atoms with Crippen LogP contribution in [0.2, 0.25) is 0 Å². The molecule has 70 valence electrons. The third-order valence-electron chi connectivity index (χ3n) is 1.38. The molecule has 1 aliphatic heterocycles. The number of amides is 4. The minimum Gasteiger partial charge on any atom is -0.336 e. The number of nitrogens with one attached hydrogen (secondary N) is 1. The Morgan fingerprint density at radius 2 is 1.92 bits per heavy atom. The summed E-state index contributed by atoms with van der Waals surface area (Å²) in [4.78, 5) is 33.4. The van der Waals surface area contributed by atoms with E-state index < -0.39 is 17.8 Å². The molecule has 0 radical (unpaired) electrons. The van der Waals surface area contributed by atoms with Crippen LogP contribution in [0.1, 0.15) is 0 Å². The largest absolute Gasteiger partial charge is 0.336 e. The maximum absolute atomic E-state index is 11.1. The smallest absolute Gasteiger partial charge is 0.331 e. The number of hydrogen-bond donors (Lipinski definition) is 1. The van der Waals surface area contributed by atoms with Crippen LogP contribution < -0.4 is 5.32 Å². The van der Waals surface area contributed by atoms with Crippen molar-refractivity contribution in [2.75, 3.05) is 12.4 Å². The van der Waals surface area contributed by atoms with Gasteiger partial charge in [0.05, 0.1) is 0 Å². The Kier molecular flexibility index (Phi) is 3.02. The maximum atomic E-state index is 11.1. The molecule has 0 spiro atoms. The van der Waals surface area contributed by atoms with Gasteiger partial charge in [-0.1, -0.05) is 0 Å². The summed E-state index contributed by atoms with van der Waals surface area (Å²) in [6.07, 6.45) is 2.09. The summed E-state index contributed by atoms with van der Waals surface area (Å²) in [6.45, 7) is 0.220. The van der Waals surface area contributed by atoms with Crippen LogP contribution in [-0.2, 0) is 9.59 Å². The van der Waals surface area contributed by atoms with Gasteiger partial charge in [-0.25, -0.2) is 4.79 Å². The van der Waals surface area contributed by atoms with Gasteiger partial charge in [0.15, 0.2) is 0 Å². The normalized spacial score (nSPS) is 15.3. The van der Waals surface area contributed by atoms with E-state index in [0.717, 1.165) is 12.2 Å². The highest BCUT2D eigenvalue weighted by Crippen LogP contribution is 2.02. The molecular weight excluding hydrogens is 196 g/mol. The minimum absolute atomic E-state index is 0.220. The first-order chi connectivity index (χ1) is 6.16. The summed E-state index contributed by atoms with van der Waals surface area (Å²) >= 11 is 5.31. The monoisotopic (exact) mass is 202 g/mol. The van der Waals surface area contributed by atoms with Crippen LogP contribution in [0.4, 0.5) is 4.79 Å². The fourth-order valence-corrected chi connectivity index (χ4v) is 0.928. The molecule has 0 fully saturated rings. The van der Waals surface area contributed by atoms with Gasteiger partial charge in [-0.05, 0) is 0 Å². The van der Waals surface area contributed by atoms with Crippen LogP contribution in [-0.4, -0.2) is 35.2 Å². The van der Waals surface area contributed by atoms with Crippen LogP contribution in [0, 0.1) is 0 Å². The Bertz CT molecular complexity index is 269. The zero-order valence-corrected chi connectivity index (χ0v) is 7.37. The highest BCUT2D eigenvalue weighted by Gasteiger charge is 2.29. The predicted octanol–water partition coefficient (Wildman–Crippen LogP) is -0.140. The van der Waals surface area contributed by atoms with Gasteiger partial charge in [-0.3, -0.25) is 9.59 Å². The number of rotatable bonds is 2.